The molecular weight excluding hydrogens is 234 g/mol. The van der Waals surface area contributed by atoms with Crippen molar-refractivity contribution in [1.29, 1.82) is 0 Å². The van der Waals surface area contributed by atoms with E-state index in [1.54, 1.807) is 25.3 Å². The molecule has 0 aliphatic heterocycles. The van der Waals surface area contributed by atoms with Crippen molar-refractivity contribution < 1.29 is 14.4 Å². The number of nitrogens with zero attached hydrogens (tertiary/aromatic N) is 1. The van der Waals surface area contributed by atoms with Crippen LogP contribution in [0.2, 0.25) is 0 Å². The van der Waals surface area contributed by atoms with Crippen molar-refractivity contribution in [3.05, 3.63) is 41.3 Å². The second kappa shape index (κ2) is 4.79. The van der Waals surface area contributed by atoms with E-state index in [9.17, 15) is 4.79 Å². The smallest absolute Gasteiger partial charge is 0.337 e. The third-order valence-electron chi connectivity index (χ3n) is 2.58. The van der Waals surface area contributed by atoms with Gasteiger partial charge in [0, 0.05) is 17.4 Å². The number of nitrogen functional groups attached to an aromatic ring is 1. The van der Waals surface area contributed by atoms with Gasteiger partial charge in [0.2, 0.25) is 0 Å². The zero-order valence-corrected chi connectivity index (χ0v) is 9.80. The molecule has 0 saturated carbocycles. The summed E-state index contributed by atoms with van der Waals surface area (Å²) in [5.74, 6) is -0.375. The van der Waals surface area contributed by atoms with Crippen molar-refractivity contribution in [2.75, 3.05) is 11.1 Å². The summed E-state index contributed by atoms with van der Waals surface area (Å²) < 4.78 is 4.93. The van der Waals surface area contributed by atoms with Crippen molar-refractivity contribution in [1.82, 2.24) is 5.16 Å². The zero-order chi connectivity index (χ0) is 13.1. The molecular formula is C12H13N3O3. The second-order valence-electron chi connectivity index (χ2n) is 3.89. The second-order valence-corrected chi connectivity index (χ2v) is 3.89. The number of hydrogen-bond acceptors (Lipinski definition) is 5. The minimum absolute atomic E-state index is 0.0927. The lowest BCUT2D eigenvalue weighted by atomic mass is 10.1. The Morgan fingerprint density at radius 3 is 2.94 bits per heavy atom. The predicted molar refractivity (Wildman–Crippen MR) is 66.4 cm³/mol. The molecule has 1 aromatic carbocycles. The Labute approximate surface area is 103 Å². The van der Waals surface area contributed by atoms with Crippen LogP contribution >= 0.6 is 0 Å². The Balaban J connectivity index is 2.21. The summed E-state index contributed by atoms with van der Waals surface area (Å²) in [6.45, 7) is 2.20. The molecule has 1 heterocycles. The summed E-state index contributed by atoms with van der Waals surface area (Å²) in [4.78, 5) is 11.0. The molecule has 6 nitrogen and oxygen atoms in total. The molecule has 0 fully saturated rings. The average molecular weight is 247 g/mol. The number of aryl methyl sites for hydroxylation is 1. The highest BCUT2D eigenvalue weighted by Gasteiger charge is 2.11. The van der Waals surface area contributed by atoms with Crippen LogP contribution in [0.1, 0.15) is 21.7 Å². The molecule has 0 radical (unpaired) electrons. The number of hydrogen-bond donors (Lipinski definition) is 3. The van der Waals surface area contributed by atoms with E-state index in [1.165, 1.54) is 6.07 Å². The van der Waals surface area contributed by atoms with Crippen LogP contribution in [0.4, 0.5) is 11.4 Å². The minimum atomic E-state index is -1.04. The fraction of sp³-hybridized carbons (Fsp3) is 0.167. The van der Waals surface area contributed by atoms with Gasteiger partial charge >= 0.3 is 5.97 Å². The molecule has 6 heteroatoms. The molecule has 0 aliphatic carbocycles. The highest BCUT2D eigenvalue weighted by Crippen LogP contribution is 2.23. The van der Waals surface area contributed by atoms with E-state index < -0.39 is 5.97 Å². The van der Waals surface area contributed by atoms with Gasteiger partial charge in [-0.25, -0.2) is 4.79 Å². The van der Waals surface area contributed by atoms with Crippen molar-refractivity contribution >= 4 is 17.3 Å². The molecule has 2 rings (SSSR count). The number of carboxylic acids is 1. The van der Waals surface area contributed by atoms with Gasteiger partial charge in [-0.3, -0.25) is 0 Å². The van der Waals surface area contributed by atoms with Gasteiger partial charge in [0.25, 0.3) is 0 Å². The van der Waals surface area contributed by atoms with E-state index in [-0.39, 0.29) is 11.3 Å². The Bertz CT molecular complexity index is 564. The lowest BCUT2D eigenvalue weighted by Gasteiger charge is -2.10. The molecule has 2 aromatic rings. The minimum Gasteiger partial charge on any atom is -0.478 e. The maximum Gasteiger partial charge on any atom is 0.337 e. The van der Waals surface area contributed by atoms with Crippen LogP contribution in [0.3, 0.4) is 0 Å². The topological polar surface area (TPSA) is 101 Å². The van der Waals surface area contributed by atoms with Gasteiger partial charge in [-0.05, 0) is 24.6 Å². The standard InChI is InChI=1S/C12H13N3O3/c1-7-4-8(5-10(11(7)13)12(16)17)14-6-9-2-3-15-18-9/h2-5,14H,6,13H2,1H3,(H,16,17). The first-order valence-electron chi connectivity index (χ1n) is 5.35. The number of benzene rings is 1. The molecule has 94 valence electrons. The summed E-state index contributed by atoms with van der Waals surface area (Å²) in [6.07, 6.45) is 1.55. The maximum absolute atomic E-state index is 11.0. The van der Waals surface area contributed by atoms with Crippen LogP contribution < -0.4 is 11.1 Å². The van der Waals surface area contributed by atoms with E-state index in [0.717, 1.165) is 5.56 Å². The van der Waals surface area contributed by atoms with Gasteiger partial charge in [0.15, 0.2) is 5.76 Å². The zero-order valence-electron chi connectivity index (χ0n) is 9.80. The van der Waals surface area contributed by atoms with E-state index in [1.807, 2.05) is 0 Å². The van der Waals surface area contributed by atoms with Gasteiger partial charge in [0.1, 0.15) is 0 Å². The number of anilines is 2. The fourth-order valence-corrected chi connectivity index (χ4v) is 1.60. The molecule has 0 aliphatic rings. The summed E-state index contributed by atoms with van der Waals surface area (Å²) in [5.41, 5.74) is 7.48. The van der Waals surface area contributed by atoms with Gasteiger partial charge in [-0.15, -0.1) is 0 Å². The number of aromatic carboxylic acids is 1. The molecule has 0 saturated heterocycles. The van der Waals surface area contributed by atoms with Crippen LogP contribution in [0.15, 0.2) is 28.9 Å². The number of carbonyl (C=O) groups is 1. The highest BCUT2D eigenvalue weighted by molar-refractivity contribution is 5.95. The van der Waals surface area contributed by atoms with E-state index in [4.69, 9.17) is 15.4 Å². The first-order valence-corrected chi connectivity index (χ1v) is 5.35. The maximum atomic E-state index is 11.0. The third kappa shape index (κ3) is 2.42. The average Bonchev–Trinajstić information content (AvgIpc) is 2.83. The Hall–Kier alpha value is -2.50. The first kappa shape index (κ1) is 12.0. The number of aromatic nitrogens is 1. The van der Waals surface area contributed by atoms with Crippen molar-refractivity contribution in [3.8, 4) is 0 Å². The molecule has 0 atom stereocenters. The summed E-state index contributed by atoms with van der Waals surface area (Å²) in [5, 5.41) is 15.7. The van der Waals surface area contributed by atoms with Gasteiger partial charge < -0.3 is 20.7 Å². The monoisotopic (exact) mass is 247 g/mol. The highest BCUT2D eigenvalue weighted by atomic mass is 16.5. The van der Waals surface area contributed by atoms with Gasteiger partial charge in [0.05, 0.1) is 18.3 Å². The van der Waals surface area contributed by atoms with E-state index >= 15 is 0 Å². The number of rotatable bonds is 4. The Kier molecular flexibility index (Phi) is 3.18. The van der Waals surface area contributed by atoms with Gasteiger partial charge in [-0.2, -0.15) is 0 Å². The molecule has 0 spiro atoms. The summed E-state index contributed by atoms with van der Waals surface area (Å²) in [7, 11) is 0. The summed E-state index contributed by atoms with van der Waals surface area (Å²) >= 11 is 0. The molecule has 0 unspecified atom stereocenters. The van der Waals surface area contributed by atoms with Crippen molar-refractivity contribution in [3.63, 3.8) is 0 Å². The first-order chi connectivity index (χ1) is 8.58. The lowest BCUT2D eigenvalue weighted by molar-refractivity contribution is 0.0698. The molecule has 0 bridgehead atoms. The van der Waals surface area contributed by atoms with Crippen LogP contribution in [0, 0.1) is 6.92 Å². The number of nitrogens with one attached hydrogen (secondary N) is 1. The molecule has 0 amide bonds. The molecule has 18 heavy (non-hydrogen) atoms. The Morgan fingerprint density at radius 2 is 2.33 bits per heavy atom. The van der Waals surface area contributed by atoms with Crippen molar-refractivity contribution in [2.24, 2.45) is 0 Å². The summed E-state index contributed by atoms with van der Waals surface area (Å²) in [6, 6.07) is 5.02. The molecule has 4 N–H and O–H groups in total. The van der Waals surface area contributed by atoms with E-state index in [2.05, 4.69) is 10.5 Å². The third-order valence-corrected chi connectivity index (χ3v) is 2.58. The predicted octanol–water partition coefficient (Wildman–Crippen LogP) is 1.88. The largest absolute Gasteiger partial charge is 0.478 e. The van der Waals surface area contributed by atoms with Crippen LogP contribution in [0.25, 0.3) is 0 Å². The molecule has 1 aromatic heterocycles. The lowest BCUT2D eigenvalue weighted by Crippen LogP contribution is -2.07. The normalized spacial score (nSPS) is 10.3. The van der Waals surface area contributed by atoms with Crippen molar-refractivity contribution in [2.45, 2.75) is 13.5 Å². The van der Waals surface area contributed by atoms with Gasteiger partial charge in [-0.1, -0.05) is 5.16 Å². The number of carboxylic acid groups (broad SMARTS) is 1. The van der Waals surface area contributed by atoms with E-state index in [0.29, 0.717) is 18.0 Å². The van der Waals surface area contributed by atoms with Crippen LogP contribution in [0.5, 0.6) is 0 Å². The quantitative estimate of drug-likeness (QED) is 0.713. The van der Waals surface area contributed by atoms with Crippen LogP contribution in [-0.4, -0.2) is 16.2 Å². The SMILES string of the molecule is Cc1cc(NCc2ccno2)cc(C(=O)O)c1N. The Morgan fingerprint density at radius 1 is 1.56 bits per heavy atom. The fourth-order valence-electron chi connectivity index (χ4n) is 1.60. The van der Waals surface area contributed by atoms with Crippen LogP contribution in [-0.2, 0) is 6.54 Å². The number of nitrogens with two attached hydrogens (primary N) is 1.